The van der Waals surface area contributed by atoms with Crippen molar-refractivity contribution in [1.29, 1.82) is 0 Å². The number of aldehydes is 1. The molecule has 1 N–H and O–H groups in total. The number of hydrogen-bond acceptors (Lipinski definition) is 7. The third-order valence-electron chi connectivity index (χ3n) is 11.7. The number of carbonyl (C=O) groups is 4. The van der Waals surface area contributed by atoms with E-state index in [0.29, 0.717) is 33.4 Å². The number of benzene rings is 6. The largest absolute Gasteiger partial charge is 0.497 e. The van der Waals surface area contributed by atoms with Crippen molar-refractivity contribution in [2.75, 3.05) is 7.11 Å². The summed E-state index contributed by atoms with van der Waals surface area (Å²) in [7, 11) is 1.23. The van der Waals surface area contributed by atoms with Crippen LogP contribution in [0.25, 0.3) is 36.5 Å². The Morgan fingerprint density at radius 3 is 1.28 bits per heavy atom. The average Bonchev–Trinajstić information content (AvgIpc) is 3.40. The molecule has 1 aliphatic carbocycles. The van der Waals surface area contributed by atoms with Crippen LogP contribution in [0.4, 0.5) is 4.39 Å². The van der Waals surface area contributed by atoms with Gasteiger partial charge in [0.15, 0.2) is 23.0 Å². The summed E-state index contributed by atoms with van der Waals surface area (Å²) in [5, 5.41) is 14.1. The summed E-state index contributed by atoms with van der Waals surface area (Å²) in [4.78, 5) is 64.4. The van der Waals surface area contributed by atoms with Crippen molar-refractivity contribution < 1.29 is 74.3 Å². The zero-order chi connectivity index (χ0) is 48.9. The number of fused-ring (bicyclic) bond motifs is 1. The number of ketones is 3. The van der Waals surface area contributed by atoms with Gasteiger partial charge in [-0.2, -0.15) is 0 Å². The summed E-state index contributed by atoms with van der Waals surface area (Å²) < 4.78 is 25.5. The van der Waals surface area contributed by atoms with Crippen molar-refractivity contribution in [2.24, 2.45) is 4.99 Å². The normalized spacial score (nSPS) is 18.0. The van der Waals surface area contributed by atoms with Crippen molar-refractivity contribution in [3.05, 3.63) is 285 Å². The van der Waals surface area contributed by atoms with Crippen LogP contribution in [0.5, 0.6) is 0 Å². The van der Waals surface area contributed by atoms with Gasteiger partial charge in [-0.25, -0.2) is 9.38 Å². The van der Waals surface area contributed by atoms with Gasteiger partial charge in [-0.15, -0.1) is 0 Å². The molecule has 2 aliphatic rings. The molecule has 0 saturated heterocycles. The molecular weight excluding hydrogens is 1090 g/mol. The zero-order valence-corrected chi connectivity index (χ0v) is 41.8. The second kappa shape index (κ2) is 24.9. The van der Waals surface area contributed by atoms with Crippen LogP contribution in [0.3, 0.4) is 0 Å². The fraction of sp³-hybridized carbons (Fsp3) is 0.0484. The second-order valence-corrected chi connectivity index (χ2v) is 16.3. The summed E-state index contributed by atoms with van der Waals surface area (Å²) in [6, 6.07) is 53.0. The summed E-state index contributed by atoms with van der Waals surface area (Å²) in [5.41, 5.74) is -5.89. The first-order chi connectivity index (χ1) is 34.1. The molecule has 0 fully saturated rings. The van der Waals surface area contributed by atoms with Crippen LogP contribution >= 0.6 is 0 Å². The quantitative estimate of drug-likeness (QED) is 0.0553. The molecule has 6 aromatic rings. The Morgan fingerprint density at radius 1 is 0.514 bits per heavy atom. The summed E-state index contributed by atoms with van der Waals surface area (Å²) in [6.45, 7) is 0. The van der Waals surface area contributed by atoms with E-state index in [0.717, 1.165) is 0 Å². The number of nitrogens with zero attached hydrogens (tertiary/aromatic N) is 1. The molecule has 7 nitrogen and oxygen atoms in total. The Balaban J connectivity index is 0.00000423. The molecule has 0 bridgehead atoms. The molecule has 8 rings (SSSR count). The molecule has 0 spiro atoms. The number of rotatable bonds is 17. The number of allylic oxidation sites excluding steroid dienone is 7. The van der Waals surface area contributed by atoms with E-state index >= 15 is 9.18 Å². The van der Waals surface area contributed by atoms with Crippen LogP contribution in [-0.2, 0) is 64.8 Å². The Morgan fingerprint density at radius 2 is 0.875 bits per heavy atom. The van der Waals surface area contributed by atoms with Crippen LogP contribution in [-0.4, -0.2) is 52.8 Å². The number of ether oxygens (including phenoxy) is 1. The molecule has 0 amide bonds. The number of halogens is 1. The Bertz CT molecular complexity index is 3250. The number of aliphatic imine (C=N–C) groups is 1. The minimum atomic E-state index is -3.16. The Kier molecular flexibility index (Phi) is 18.6. The molecule has 0 radical (unpaired) electrons. The number of aliphatic hydroxyl groups is 1. The molecule has 0 saturated carbocycles. The van der Waals surface area contributed by atoms with E-state index in [1.807, 2.05) is 30.3 Å². The fourth-order valence-corrected chi connectivity index (χ4v) is 8.30. The van der Waals surface area contributed by atoms with Crippen molar-refractivity contribution in [3.8, 4) is 0 Å². The summed E-state index contributed by atoms with van der Waals surface area (Å²) in [5.74, 6) is -2.68. The minimum absolute atomic E-state index is 0. The number of dihydropyridines is 1. The predicted molar refractivity (Wildman–Crippen MR) is 277 cm³/mol. The molecule has 362 valence electrons. The summed E-state index contributed by atoms with van der Waals surface area (Å²) >= 11 is 0. The van der Waals surface area contributed by atoms with E-state index in [-0.39, 0.29) is 58.4 Å². The van der Waals surface area contributed by atoms with Gasteiger partial charge in [0.25, 0.3) is 0 Å². The summed E-state index contributed by atoms with van der Waals surface area (Å²) in [6.07, 6.45) is 15.6. The standard InChI is InChI=1S/C62H46FNO6.2Pd/c1-70-58-39-35-54-59(61(58,63)51(41-48-28-16-6-17-29-48)56(67)37-33-45-22-10-3-11-23-45)53(43-65)62(69,52(42-49-30-18-7-19-31-49)57(68)38-34-46-24-12-4-13-25-46)60(64-54)50(40-47-26-14-5-15-27-47)55(66)36-32-44-20-8-2-9-21-44;;/h2-43,69H,1H3;;. The van der Waals surface area contributed by atoms with Gasteiger partial charge in [0.05, 0.1) is 18.5 Å². The fourth-order valence-electron chi connectivity index (χ4n) is 8.30. The van der Waals surface area contributed by atoms with Crippen LogP contribution in [0, 0.1) is 0 Å². The first-order valence-corrected chi connectivity index (χ1v) is 22.4. The van der Waals surface area contributed by atoms with Crippen molar-refractivity contribution in [1.82, 2.24) is 0 Å². The number of alkyl halides is 1. The Hall–Kier alpha value is -7.66. The van der Waals surface area contributed by atoms with Gasteiger partial charge >= 0.3 is 0 Å². The Labute approximate surface area is 445 Å². The van der Waals surface area contributed by atoms with Gasteiger partial charge in [0.1, 0.15) is 12.0 Å². The van der Waals surface area contributed by atoms with Crippen molar-refractivity contribution in [2.45, 2.75) is 11.3 Å². The third-order valence-corrected chi connectivity index (χ3v) is 11.7. The van der Waals surface area contributed by atoms with Crippen molar-refractivity contribution in [3.63, 3.8) is 0 Å². The van der Waals surface area contributed by atoms with Crippen LogP contribution < -0.4 is 0 Å². The number of carbonyl (C=O) groups excluding carboxylic acids is 4. The molecule has 10 heteroatoms. The number of hydrogen-bond donors (Lipinski definition) is 1. The first-order valence-electron chi connectivity index (χ1n) is 22.4. The van der Waals surface area contributed by atoms with Crippen LogP contribution in [0.1, 0.15) is 33.4 Å². The van der Waals surface area contributed by atoms with Crippen molar-refractivity contribution >= 4 is 65.8 Å². The van der Waals surface area contributed by atoms with E-state index in [1.54, 1.807) is 164 Å². The van der Waals surface area contributed by atoms with Gasteiger partial charge in [-0.1, -0.05) is 200 Å². The maximum atomic E-state index is 19.7. The molecular formula is C62H46FNO6Pd2. The third kappa shape index (κ3) is 11.9. The van der Waals surface area contributed by atoms with E-state index in [2.05, 4.69) is 0 Å². The maximum Gasteiger partial charge on any atom is 0.223 e. The van der Waals surface area contributed by atoms with Crippen LogP contribution in [0.2, 0.25) is 0 Å². The van der Waals surface area contributed by atoms with E-state index in [1.165, 1.54) is 61.8 Å². The number of methoxy groups -OCH3 is 1. The van der Waals surface area contributed by atoms with Crippen LogP contribution in [0.15, 0.2) is 257 Å². The molecule has 72 heavy (non-hydrogen) atoms. The smallest absolute Gasteiger partial charge is 0.223 e. The maximum absolute atomic E-state index is 19.7. The van der Waals surface area contributed by atoms with Gasteiger partial charge in [-0.05, 0) is 82.0 Å². The van der Waals surface area contributed by atoms with Gasteiger partial charge in [0, 0.05) is 68.7 Å². The molecule has 1 heterocycles. The zero-order valence-electron chi connectivity index (χ0n) is 38.7. The van der Waals surface area contributed by atoms with E-state index < -0.39 is 62.4 Å². The van der Waals surface area contributed by atoms with Gasteiger partial charge in [-0.3, -0.25) is 19.2 Å². The van der Waals surface area contributed by atoms with E-state index in [9.17, 15) is 19.5 Å². The molecule has 1 aliphatic heterocycles. The predicted octanol–water partition coefficient (Wildman–Crippen LogP) is 11.9. The topological polar surface area (TPSA) is 110 Å². The SMILES string of the molecule is COC1=CC=C2N=C(C(=Cc3ccccc3)C(=O)C=Cc3ccccc3)C(O)(C(=Cc3ccccc3)C(=O)C=Cc3ccccc3)C(C=O)=C2C1(F)C(=Cc1ccccc1)C(=O)C=Cc1ccccc1.[Pd].[Pd]. The van der Waals surface area contributed by atoms with Gasteiger partial charge < -0.3 is 9.84 Å². The molecule has 0 aromatic heterocycles. The monoisotopic (exact) mass is 1130 g/mol. The average molecular weight is 1130 g/mol. The first kappa shape index (κ1) is 53.7. The molecule has 6 aromatic carbocycles. The molecule has 2 unspecified atom stereocenters. The van der Waals surface area contributed by atoms with Gasteiger partial charge in [0.2, 0.25) is 5.67 Å². The minimum Gasteiger partial charge on any atom is -0.497 e. The molecule has 2 atom stereocenters. The van der Waals surface area contributed by atoms with E-state index in [4.69, 9.17) is 9.73 Å². The second-order valence-electron chi connectivity index (χ2n) is 16.3.